The molecular formula is C7H15N. The van der Waals surface area contributed by atoms with Gasteiger partial charge in [0.15, 0.2) is 0 Å². The van der Waals surface area contributed by atoms with E-state index in [0.29, 0.717) is 0 Å². The van der Waals surface area contributed by atoms with Crippen molar-refractivity contribution in [2.24, 2.45) is 5.73 Å². The molecule has 0 fully saturated rings. The molecule has 1 heteroatoms. The second-order valence-corrected chi connectivity index (χ2v) is 2.04. The van der Waals surface area contributed by atoms with Crippen LogP contribution in [0.1, 0.15) is 26.2 Å². The first-order valence-corrected chi connectivity index (χ1v) is 3.18. The van der Waals surface area contributed by atoms with Gasteiger partial charge in [0.1, 0.15) is 0 Å². The molecule has 0 amide bonds. The van der Waals surface area contributed by atoms with Gasteiger partial charge in [-0.25, -0.2) is 0 Å². The Labute approximate surface area is 51.6 Å². The molecule has 2 N–H and O–H groups in total. The molecule has 0 heterocycles. The molecule has 0 aliphatic carbocycles. The highest BCUT2D eigenvalue weighted by Crippen LogP contribution is 2.03. The molecule has 0 aliphatic heterocycles. The summed E-state index contributed by atoms with van der Waals surface area (Å²) in [7, 11) is 0. The van der Waals surface area contributed by atoms with E-state index < -0.39 is 0 Å². The number of hydrogen-bond donors (Lipinski definition) is 1. The van der Waals surface area contributed by atoms with Crippen LogP contribution in [0.25, 0.3) is 0 Å². The van der Waals surface area contributed by atoms with Crippen molar-refractivity contribution in [2.45, 2.75) is 26.2 Å². The second-order valence-electron chi connectivity index (χ2n) is 2.04. The average molecular weight is 113 g/mol. The fraction of sp³-hybridized carbons (Fsp3) is 0.714. The zero-order chi connectivity index (χ0) is 6.41. The van der Waals surface area contributed by atoms with Crippen molar-refractivity contribution < 1.29 is 0 Å². The van der Waals surface area contributed by atoms with E-state index >= 15 is 0 Å². The molecule has 0 spiro atoms. The predicted molar refractivity (Wildman–Crippen MR) is 37.7 cm³/mol. The van der Waals surface area contributed by atoms with Crippen molar-refractivity contribution in [3.8, 4) is 0 Å². The molecule has 0 aromatic carbocycles. The van der Waals surface area contributed by atoms with Gasteiger partial charge < -0.3 is 5.73 Å². The van der Waals surface area contributed by atoms with E-state index in [-0.39, 0.29) is 0 Å². The molecule has 8 heavy (non-hydrogen) atoms. The SMILES string of the molecule is C=C(CCC)CCN. The van der Waals surface area contributed by atoms with Crippen LogP contribution in [0.15, 0.2) is 12.2 Å². The Bertz CT molecular complexity index is 58.8. The standard InChI is InChI=1S/C7H15N/c1-3-4-7(2)5-6-8/h2-6,8H2,1H3. The molecule has 0 saturated carbocycles. The first kappa shape index (κ1) is 7.70. The second kappa shape index (κ2) is 4.85. The van der Waals surface area contributed by atoms with Crippen LogP contribution in [-0.4, -0.2) is 6.54 Å². The van der Waals surface area contributed by atoms with Crippen molar-refractivity contribution in [2.75, 3.05) is 6.54 Å². The third-order valence-electron chi connectivity index (χ3n) is 1.10. The van der Waals surface area contributed by atoms with Crippen LogP contribution in [0.3, 0.4) is 0 Å². The monoisotopic (exact) mass is 113 g/mol. The maximum Gasteiger partial charge on any atom is -0.00400 e. The molecule has 0 aromatic heterocycles. The highest BCUT2D eigenvalue weighted by atomic mass is 14.5. The van der Waals surface area contributed by atoms with E-state index in [1.807, 2.05) is 0 Å². The summed E-state index contributed by atoms with van der Waals surface area (Å²) in [5.41, 5.74) is 6.59. The van der Waals surface area contributed by atoms with Crippen LogP contribution < -0.4 is 5.73 Å². The number of nitrogens with two attached hydrogens (primary N) is 1. The lowest BCUT2D eigenvalue weighted by Crippen LogP contribution is -1.99. The minimum absolute atomic E-state index is 0.749. The lowest BCUT2D eigenvalue weighted by Gasteiger charge is -1.97. The van der Waals surface area contributed by atoms with E-state index in [0.717, 1.165) is 19.4 Å². The summed E-state index contributed by atoms with van der Waals surface area (Å²) in [6.07, 6.45) is 3.32. The maximum atomic E-state index is 5.30. The van der Waals surface area contributed by atoms with E-state index in [2.05, 4.69) is 13.5 Å². The molecule has 0 rings (SSSR count). The van der Waals surface area contributed by atoms with Crippen LogP contribution >= 0.6 is 0 Å². The van der Waals surface area contributed by atoms with Crippen LogP contribution in [-0.2, 0) is 0 Å². The molecule has 0 atom stereocenters. The van der Waals surface area contributed by atoms with Gasteiger partial charge in [-0.05, 0) is 19.4 Å². The molecule has 0 radical (unpaired) electrons. The highest BCUT2D eigenvalue weighted by molar-refractivity contribution is 4.93. The molecular weight excluding hydrogens is 98.1 g/mol. The molecule has 0 bridgehead atoms. The van der Waals surface area contributed by atoms with Gasteiger partial charge in [0.05, 0.1) is 0 Å². The fourth-order valence-corrected chi connectivity index (χ4v) is 0.683. The van der Waals surface area contributed by atoms with Gasteiger partial charge >= 0.3 is 0 Å². The van der Waals surface area contributed by atoms with Crippen LogP contribution in [0, 0.1) is 0 Å². The van der Waals surface area contributed by atoms with Gasteiger partial charge in [-0.2, -0.15) is 0 Å². The first-order valence-electron chi connectivity index (χ1n) is 3.18. The predicted octanol–water partition coefficient (Wildman–Crippen LogP) is 1.69. The summed E-state index contributed by atoms with van der Waals surface area (Å²) in [6.45, 7) is 6.76. The fourth-order valence-electron chi connectivity index (χ4n) is 0.683. The summed E-state index contributed by atoms with van der Waals surface area (Å²) in [5, 5.41) is 0. The largest absolute Gasteiger partial charge is 0.330 e. The normalized spacial score (nSPS) is 9.25. The zero-order valence-corrected chi connectivity index (χ0v) is 5.61. The van der Waals surface area contributed by atoms with E-state index in [1.54, 1.807) is 0 Å². The Morgan fingerprint density at radius 3 is 2.50 bits per heavy atom. The topological polar surface area (TPSA) is 26.0 Å². The van der Waals surface area contributed by atoms with Crippen LogP contribution in [0.5, 0.6) is 0 Å². The minimum atomic E-state index is 0.749. The van der Waals surface area contributed by atoms with Crippen molar-refractivity contribution in [3.05, 3.63) is 12.2 Å². The number of rotatable bonds is 4. The summed E-state index contributed by atoms with van der Waals surface area (Å²) in [4.78, 5) is 0. The molecule has 0 saturated heterocycles. The molecule has 1 nitrogen and oxygen atoms in total. The molecule has 0 aliphatic rings. The Hall–Kier alpha value is -0.300. The Morgan fingerprint density at radius 2 is 2.12 bits per heavy atom. The molecule has 48 valence electrons. The van der Waals surface area contributed by atoms with Gasteiger partial charge in [-0.3, -0.25) is 0 Å². The molecule has 0 aromatic rings. The number of hydrogen-bond acceptors (Lipinski definition) is 1. The molecule has 0 unspecified atom stereocenters. The van der Waals surface area contributed by atoms with Gasteiger partial charge in [0.25, 0.3) is 0 Å². The minimum Gasteiger partial charge on any atom is -0.330 e. The van der Waals surface area contributed by atoms with Crippen LogP contribution in [0.2, 0.25) is 0 Å². The quantitative estimate of drug-likeness (QED) is 0.552. The van der Waals surface area contributed by atoms with Crippen molar-refractivity contribution in [1.82, 2.24) is 0 Å². The highest BCUT2D eigenvalue weighted by Gasteiger charge is 1.87. The summed E-state index contributed by atoms with van der Waals surface area (Å²) >= 11 is 0. The van der Waals surface area contributed by atoms with E-state index in [1.165, 1.54) is 12.0 Å². The van der Waals surface area contributed by atoms with Crippen molar-refractivity contribution in [1.29, 1.82) is 0 Å². The van der Waals surface area contributed by atoms with Crippen molar-refractivity contribution >= 4 is 0 Å². The van der Waals surface area contributed by atoms with E-state index in [4.69, 9.17) is 5.73 Å². The maximum absolute atomic E-state index is 5.30. The van der Waals surface area contributed by atoms with Crippen molar-refractivity contribution in [3.63, 3.8) is 0 Å². The van der Waals surface area contributed by atoms with Gasteiger partial charge in [-0.15, -0.1) is 0 Å². The lowest BCUT2D eigenvalue weighted by molar-refractivity contribution is 0.829. The summed E-state index contributed by atoms with van der Waals surface area (Å²) in [5.74, 6) is 0. The smallest absolute Gasteiger partial charge is 0.00400 e. The van der Waals surface area contributed by atoms with Gasteiger partial charge in [-0.1, -0.05) is 25.5 Å². The average Bonchev–Trinajstić information content (AvgIpc) is 1.68. The van der Waals surface area contributed by atoms with Gasteiger partial charge in [0, 0.05) is 0 Å². The Balaban J connectivity index is 3.06. The lowest BCUT2D eigenvalue weighted by atomic mass is 10.1. The third kappa shape index (κ3) is 3.88. The van der Waals surface area contributed by atoms with E-state index in [9.17, 15) is 0 Å². The first-order chi connectivity index (χ1) is 3.81. The Morgan fingerprint density at radius 1 is 1.50 bits per heavy atom. The third-order valence-corrected chi connectivity index (χ3v) is 1.10. The van der Waals surface area contributed by atoms with Crippen LogP contribution in [0.4, 0.5) is 0 Å². The summed E-state index contributed by atoms with van der Waals surface area (Å²) in [6, 6.07) is 0. The summed E-state index contributed by atoms with van der Waals surface area (Å²) < 4.78 is 0. The van der Waals surface area contributed by atoms with Gasteiger partial charge in [0.2, 0.25) is 0 Å². The Kier molecular flexibility index (Phi) is 4.67. The zero-order valence-electron chi connectivity index (χ0n) is 5.61.